The fourth-order valence-corrected chi connectivity index (χ4v) is 3.19. The van der Waals surface area contributed by atoms with Crippen molar-refractivity contribution in [1.29, 1.82) is 0 Å². The number of ether oxygens (including phenoxy) is 2. The molecule has 1 heterocycles. The second kappa shape index (κ2) is 9.31. The van der Waals surface area contributed by atoms with Crippen molar-refractivity contribution < 1.29 is 27.5 Å². The van der Waals surface area contributed by atoms with Gasteiger partial charge in [-0.05, 0) is 38.0 Å². The van der Waals surface area contributed by atoms with E-state index in [1.807, 2.05) is 0 Å². The summed E-state index contributed by atoms with van der Waals surface area (Å²) in [6, 6.07) is 3.89. The van der Waals surface area contributed by atoms with E-state index in [0.717, 1.165) is 6.26 Å². The molecule has 0 radical (unpaired) electrons. The Balaban J connectivity index is 0.00000338. The first-order chi connectivity index (χ1) is 11.7. The number of esters is 1. The number of carbonyl (C=O) groups excluding carboxylic acids is 2. The van der Waals surface area contributed by atoms with Gasteiger partial charge in [0.25, 0.3) is 5.91 Å². The van der Waals surface area contributed by atoms with E-state index in [1.54, 1.807) is 6.92 Å². The van der Waals surface area contributed by atoms with Crippen LogP contribution in [0.25, 0.3) is 0 Å². The van der Waals surface area contributed by atoms with Crippen LogP contribution >= 0.6 is 12.4 Å². The highest BCUT2D eigenvalue weighted by Crippen LogP contribution is 2.23. The molecule has 1 fully saturated rings. The van der Waals surface area contributed by atoms with Crippen LogP contribution in [0.2, 0.25) is 0 Å². The van der Waals surface area contributed by atoms with Crippen LogP contribution in [0.3, 0.4) is 0 Å². The number of hydrogen-bond acceptors (Lipinski definition) is 7. The minimum absolute atomic E-state index is 0. The van der Waals surface area contributed by atoms with Crippen molar-refractivity contribution in [3.05, 3.63) is 23.8 Å². The van der Waals surface area contributed by atoms with Crippen LogP contribution in [0.5, 0.6) is 0 Å². The summed E-state index contributed by atoms with van der Waals surface area (Å²) in [5.41, 5.74) is 5.76. The molecule has 1 aliphatic heterocycles. The zero-order chi connectivity index (χ0) is 18.6. The standard InChI is InChI=1S/C16H22N2O6S.ClH/c1-3-23-16(20)10-6-11(8-13(7-10)25(2,21)22)18-15(19)14-5-4-12(9-17)24-14;/h6-8,12,14H,3-5,9,17H2,1-2H3,(H,18,19);1H/t12-,14+;/m1./s1. The smallest absolute Gasteiger partial charge is 0.338 e. The fourth-order valence-electron chi connectivity index (χ4n) is 2.51. The average molecular weight is 407 g/mol. The zero-order valence-electron chi connectivity index (χ0n) is 14.6. The summed E-state index contributed by atoms with van der Waals surface area (Å²) in [4.78, 5) is 24.2. The van der Waals surface area contributed by atoms with Crippen LogP contribution in [0, 0.1) is 0 Å². The summed E-state index contributed by atoms with van der Waals surface area (Å²) in [6.07, 6.45) is 1.43. The lowest BCUT2D eigenvalue weighted by Gasteiger charge is -2.14. The lowest BCUT2D eigenvalue weighted by molar-refractivity contribution is -0.126. The van der Waals surface area contributed by atoms with E-state index in [-0.39, 0.29) is 41.3 Å². The minimum atomic E-state index is -3.57. The Labute approximate surface area is 158 Å². The van der Waals surface area contributed by atoms with Crippen molar-refractivity contribution in [2.75, 3.05) is 24.7 Å². The van der Waals surface area contributed by atoms with Crippen LogP contribution in [0.15, 0.2) is 23.1 Å². The van der Waals surface area contributed by atoms with Crippen LogP contribution in [0.1, 0.15) is 30.1 Å². The Morgan fingerprint density at radius 1 is 1.31 bits per heavy atom. The van der Waals surface area contributed by atoms with Gasteiger partial charge in [-0.15, -0.1) is 12.4 Å². The van der Waals surface area contributed by atoms with Crippen molar-refractivity contribution in [2.45, 2.75) is 36.9 Å². The molecule has 0 spiro atoms. The molecule has 0 unspecified atom stereocenters. The van der Waals surface area contributed by atoms with E-state index in [4.69, 9.17) is 15.2 Å². The van der Waals surface area contributed by atoms with E-state index in [1.165, 1.54) is 18.2 Å². The summed E-state index contributed by atoms with van der Waals surface area (Å²) >= 11 is 0. The molecule has 1 aliphatic rings. The molecule has 1 aromatic carbocycles. The molecule has 0 aromatic heterocycles. The predicted octanol–water partition coefficient (Wildman–Crippen LogP) is 1.13. The second-order valence-corrected chi connectivity index (χ2v) is 7.80. The third kappa shape index (κ3) is 5.66. The van der Waals surface area contributed by atoms with Gasteiger partial charge in [0.1, 0.15) is 6.10 Å². The quantitative estimate of drug-likeness (QED) is 0.678. The van der Waals surface area contributed by atoms with E-state index in [0.29, 0.717) is 19.4 Å². The number of carbonyl (C=O) groups is 2. The van der Waals surface area contributed by atoms with E-state index < -0.39 is 27.8 Å². The van der Waals surface area contributed by atoms with Crippen molar-refractivity contribution in [2.24, 2.45) is 5.73 Å². The minimum Gasteiger partial charge on any atom is -0.462 e. The Bertz CT molecular complexity index is 768. The van der Waals surface area contributed by atoms with Crippen LogP contribution in [-0.4, -0.2) is 51.9 Å². The SMILES string of the molecule is CCOC(=O)c1cc(NC(=O)[C@@H]2CC[C@H](CN)O2)cc(S(C)(=O)=O)c1.Cl. The Morgan fingerprint density at radius 2 is 2.00 bits per heavy atom. The molecule has 0 bridgehead atoms. The molecule has 0 aliphatic carbocycles. The van der Waals surface area contributed by atoms with Crippen molar-refractivity contribution in [1.82, 2.24) is 0 Å². The molecule has 0 saturated carbocycles. The summed E-state index contributed by atoms with van der Waals surface area (Å²) < 4.78 is 34.1. The normalized spacial score (nSPS) is 19.5. The molecule has 26 heavy (non-hydrogen) atoms. The number of sulfone groups is 1. The molecule has 1 amide bonds. The predicted molar refractivity (Wildman–Crippen MR) is 98.3 cm³/mol. The maximum atomic E-state index is 12.3. The number of anilines is 1. The van der Waals surface area contributed by atoms with Gasteiger partial charge in [-0.1, -0.05) is 0 Å². The van der Waals surface area contributed by atoms with Crippen molar-refractivity contribution in [3.8, 4) is 0 Å². The van der Waals surface area contributed by atoms with Crippen LogP contribution < -0.4 is 11.1 Å². The van der Waals surface area contributed by atoms with Gasteiger partial charge >= 0.3 is 5.97 Å². The number of nitrogens with one attached hydrogen (secondary N) is 1. The molecule has 3 N–H and O–H groups in total. The molecule has 2 atom stereocenters. The van der Waals surface area contributed by atoms with Gasteiger partial charge in [0.2, 0.25) is 0 Å². The first kappa shape index (κ1) is 22.4. The van der Waals surface area contributed by atoms with Crippen molar-refractivity contribution >= 4 is 39.8 Å². The summed E-state index contributed by atoms with van der Waals surface area (Å²) in [5.74, 6) is -1.07. The molecule has 146 valence electrons. The number of nitrogens with two attached hydrogens (primary N) is 1. The van der Waals surface area contributed by atoms with E-state index in [2.05, 4.69) is 5.32 Å². The Morgan fingerprint density at radius 3 is 2.54 bits per heavy atom. The first-order valence-electron chi connectivity index (χ1n) is 7.93. The van der Waals surface area contributed by atoms with E-state index >= 15 is 0 Å². The third-order valence-electron chi connectivity index (χ3n) is 3.78. The number of amides is 1. The van der Waals surface area contributed by atoms with Gasteiger partial charge in [-0.25, -0.2) is 13.2 Å². The van der Waals surface area contributed by atoms with Gasteiger partial charge < -0.3 is 20.5 Å². The molecular weight excluding hydrogens is 384 g/mol. The number of benzene rings is 1. The maximum Gasteiger partial charge on any atom is 0.338 e. The number of halogens is 1. The molecule has 2 rings (SSSR count). The molecule has 8 nitrogen and oxygen atoms in total. The Kier molecular flexibility index (Phi) is 8.01. The molecule has 10 heteroatoms. The van der Waals surface area contributed by atoms with Crippen LogP contribution in [0.4, 0.5) is 5.69 Å². The molecule has 1 saturated heterocycles. The average Bonchev–Trinajstić information content (AvgIpc) is 3.03. The summed E-state index contributed by atoms with van der Waals surface area (Å²) in [7, 11) is -3.57. The lowest BCUT2D eigenvalue weighted by Crippen LogP contribution is -2.30. The lowest BCUT2D eigenvalue weighted by atomic mass is 10.1. The first-order valence-corrected chi connectivity index (χ1v) is 9.82. The van der Waals surface area contributed by atoms with Gasteiger partial charge in [0, 0.05) is 18.5 Å². The summed E-state index contributed by atoms with van der Waals surface area (Å²) in [5, 5.41) is 2.60. The largest absolute Gasteiger partial charge is 0.462 e. The maximum absolute atomic E-state index is 12.3. The van der Waals surface area contributed by atoms with Crippen molar-refractivity contribution in [3.63, 3.8) is 0 Å². The zero-order valence-corrected chi connectivity index (χ0v) is 16.2. The van der Waals surface area contributed by atoms with Gasteiger partial charge in [-0.2, -0.15) is 0 Å². The molecular formula is C16H23ClN2O6S. The number of rotatable bonds is 6. The highest BCUT2D eigenvalue weighted by molar-refractivity contribution is 7.90. The third-order valence-corrected chi connectivity index (χ3v) is 4.87. The van der Waals surface area contributed by atoms with E-state index in [9.17, 15) is 18.0 Å². The summed E-state index contributed by atoms with van der Waals surface area (Å²) in [6.45, 7) is 2.13. The topological polar surface area (TPSA) is 125 Å². The number of hydrogen-bond donors (Lipinski definition) is 2. The van der Waals surface area contributed by atoms with Gasteiger partial charge in [0.15, 0.2) is 9.84 Å². The molecule has 1 aromatic rings. The van der Waals surface area contributed by atoms with Gasteiger partial charge in [-0.3, -0.25) is 4.79 Å². The van der Waals surface area contributed by atoms with Gasteiger partial charge in [0.05, 0.1) is 23.2 Å². The second-order valence-electron chi connectivity index (χ2n) is 5.79. The Hall–Kier alpha value is -1.68. The monoisotopic (exact) mass is 406 g/mol. The highest BCUT2D eigenvalue weighted by atomic mass is 35.5. The highest BCUT2D eigenvalue weighted by Gasteiger charge is 2.30. The fraction of sp³-hybridized carbons (Fsp3) is 0.500. The van der Waals surface area contributed by atoms with Crippen LogP contribution in [-0.2, 0) is 24.1 Å².